The van der Waals surface area contributed by atoms with Crippen LogP contribution in [-0.4, -0.2) is 83.9 Å². The highest BCUT2D eigenvalue weighted by molar-refractivity contribution is 7.85. The van der Waals surface area contributed by atoms with E-state index in [1.54, 1.807) is 49.9 Å². The molecule has 0 amide bonds. The molecule has 0 aliphatic rings. The van der Waals surface area contributed by atoms with Crippen LogP contribution < -0.4 is 0 Å². The Balaban J connectivity index is 1.34. The van der Waals surface area contributed by atoms with Gasteiger partial charge in [0.15, 0.2) is 0 Å². The third-order valence-electron chi connectivity index (χ3n) is 8.81. The van der Waals surface area contributed by atoms with Gasteiger partial charge in [-0.15, -0.1) is 16.4 Å². The van der Waals surface area contributed by atoms with E-state index >= 15 is 0 Å². The van der Waals surface area contributed by atoms with Crippen molar-refractivity contribution in [1.29, 1.82) is 0 Å². The van der Waals surface area contributed by atoms with Gasteiger partial charge in [0, 0.05) is 21.9 Å². The number of aromatic nitrogens is 3. The van der Waals surface area contributed by atoms with Crippen LogP contribution in [-0.2, 0) is 42.3 Å². The monoisotopic (exact) mass is 738 g/mol. The lowest BCUT2D eigenvalue weighted by Crippen LogP contribution is -2.44. The van der Waals surface area contributed by atoms with Crippen LogP contribution in [0.5, 0.6) is 0 Å². The zero-order chi connectivity index (χ0) is 37.6. The normalized spacial score (nSPS) is 12.6. The van der Waals surface area contributed by atoms with Crippen LogP contribution in [0.1, 0.15) is 62.9 Å². The van der Waals surface area contributed by atoms with Gasteiger partial charge in [0.2, 0.25) is 0 Å². The van der Waals surface area contributed by atoms with E-state index in [2.05, 4.69) is 78.8 Å². The van der Waals surface area contributed by atoms with E-state index in [1.807, 2.05) is 14.1 Å². The first-order chi connectivity index (χ1) is 23.7. The molecule has 0 fully saturated rings. The maximum absolute atomic E-state index is 13.2. The average molecular weight is 739 g/mol. The van der Waals surface area contributed by atoms with Gasteiger partial charge in [0.1, 0.15) is 25.5 Å². The summed E-state index contributed by atoms with van der Waals surface area (Å²) < 4.78 is 46.1. The van der Waals surface area contributed by atoms with E-state index in [4.69, 9.17) is 9.47 Å². The lowest BCUT2D eigenvalue weighted by molar-refractivity contribution is -0.890. The van der Waals surface area contributed by atoms with E-state index in [-0.39, 0.29) is 26.1 Å². The molecule has 51 heavy (non-hydrogen) atoms. The molecule has 0 radical (unpaired) electrons. The standard InChI is InChI=1S/C38H50N4O7S2/c1-27-10-14-29(15-11-27)33-22-31(34(50-33)30-16-12-28(2)13-17-30)23-41-24-32(39-40-41)25-49-36(44)38(5,6)26-37(3,4)35(43)48-20-19-42(7,8)18-9-21-51(45,46)47/h10-17,22,24H,9,18-21,23,25-26H2,1-8H3. The summed E-state index contributed by atoms with van der Waals surface area (Å²) in [6.45, 7) is 12.5. The van der Waals surface area contributed by atoms with Crippen molar-refractivity contribution in [3.63, 3.8) is 0 Å². The molecule has 11 nitrogen and oxygen atoms in total. The van der Waals surface area contributed by atoms with Crippen LogP contribution in [0.25, 0.3) is 20.9 Å². The zero-order valence-electron chi connectivity index (χ0n) is 30.9. The predicted octanol–water partition coefficient (Wildman–Crippen LogP) is 6.38. The molecule has 0 saturated carbocycles. The number of carbonyl (C=O) groups excluding carboxylic acids is 2. The predicted molar refractivity (Wildman–Crippen MR) is 198 cm³/mol. The minimum absolute atomic E-state index is 0.0587. The van der Waals surface area contributed by atoms with Crippen LogP contribution in [0, 0.1) is 24.7 Å². The van der Waals surface area contributed by atoms with Crippen molar-refractivity contribution >= 4 is 33.4 Å². The largest absolute Gasteiger partial charge is 0.748 e. The van der Waals surface area contributed by atoms with E-state index in [0.29, 0.717) is 29.8 Å². The number of rotatable bonds is 17. The van der Waals surface area contributed by atoms with Gasteiger partial charge in [-0.1, -0.05) is 64.9 Å². The Bertz CT molecular complexity index is 1910. The van der Waals surface area contributed by atoms with Gasteiger partial charge in [-0.25, -0.2) is 13.1 Å². The molecule has 4 aromatic rings. The van der Waals surface area contributed by atoms with Crippen molar-refractivity contribution in [2.24, 2.45) is 10.8 Å². The van der Waals surface area contributed by atoms with E-state index < -0.39 is 38.6 Å². The van der Waals surface area contributed by atoms with Crippen LogP contribution in [0.15, 0.2) is 60.8 Å². The fourth-order valence-corrected chi connectivity index (χ4v) is 7.62. The highest BCUT2D eigenvalue weighted by Gasteiger charge is 2.41. The molecule has 2 heterocycles. The smallest absolute Gasteiger partial charge is 0.311 e. The molecule has 0 spiro atoms. The Labute approximate surface area is 305 Å². The van der Waals surface area contributed by atoms with Gasteiger partial charge in [0.25, 0.3) is 0 Å². The van der Waals surface area contributed by atoms with E-state index in [0.717, 1.165) is 21.6 Å². The molecular weight excluding hydrogens is 689 g/mol. The fraction of sp³-hybridized carbons (Fsp3) is 0.474. The fourth-order valence-electron chi connectivity index (χ4n) is 5.96. The molecule has 2 aromatic heterocycles. The average Bonchev–Trinajstić information content (AvgIpc) is 3.66. The second kappa shape index (κ2) is 16.2. The number of quaternary nitrogens is 1. The number of nitrogens with zero attached hydrogens (tertiary/aromatic N) is 4. The summed E-state index contributed by atoms with van der Waals surface area (Å²) >= 11 is 1.74. The van der Waals surface area contributed by atoms with Crippen molar-refractivity contribution in [3.8, 4) is 20.9 Å². The molecule has 0 unspecified atom stereocenters. The number of carbonyl (C=O) groups is 2. The van der Waals surface area contributed by atoms with Crippen LogP contribution in [0.3, 0.4) is 0 Å². The van der Waals surface area contributed by atoms with Crippen LogP contribution in [0.2, 0.25) is 0 Å². The SMILES string of the molecule is Cc1ccc(-c2cc(Cn3cc(COC(=O)C(C)(C)CC(C)(C)C(=O)OCC[N+](C)(C)CCCS(=O)(=O)[O-])nn3)c(-c3ccc(C)cc3)s2)cc1. The first-order valence-electron chi connectivity index (χ1n) is 17.0. The van der Waals surface area contributed by atoms with Crippen LogP contribution >= 0.6 is 11.3 Å². The first kappa shape index (κ1) is 39.9. The first-order valence-corrected chi connectivity index (χ1v) is 19.4. The van der Waals surface area contributed by atoms with Crippen molar-refractivity contribution in [1.82, 2.24) is 15.0 Å². The molecule has 2 aromatic carbocycles. The van der Waals surface area contributed by atoms with Crippen LogP contribution in [0.4, 0.5) is 0 Å². The van der Waals surface area contributed by atoms with Gasteiger partial charge < -0.3 is 18.5 Å². The summed E-state index contributed by atoms with van der Waals surface area (Å²) in [5.74, 6) is -1.34. The molecule has 0 aliphatic heterocycles. The number of likely N-dealkylation sites (N-methyl/N-ethyl adjacent to an activating group) is 1. The van der Waals surface area contributed by atoms with Crippen molar-refractivity contribution < 1.29 is 36.5 Å². The topological polar surface area (TPSA) is 141 Å². The third kappa shape index (κ3) is 11.8. The highest BCUT2D eigenvalue weighted by atomic mass is 32.2. The summed E-state index contributed by atoms with van der Waals surface area (Å²) in [6, 6.07) is 19.2. The molecular formula is C38H50N4O7S2. The second-order valence-electron chi connectivity index (χ2n) is 15.3. The van der Waals surface area contributed by atoms with Crippen molar-refractivity contribution in [2.75, 3.05) is 39.5 Å². The molecule has 0 N–H and O–H groups in total. The van der Waals surface area contributed by atoms with Gasteiger partial charge in [-0.3, -0.25) is 9.59 Å². The maximum atomic E-state index is 13.2. The summed E-state index contributed by atoms with van der Waals surface area (Å²) in [7, 11) is -0.513. The number of aryl methyl sites for hydroxylation is 2. The lowest BCUT2D eigenvalue weighted by Gasteiger charge is -2.33. The van der Waals surface area contributed by atoms with E-state index in [1.165, 1.54) is 16.0 Å². The summed E-state index contributed by atoms with van der Waals surface area (Å²) in [5, 5.41) is 8.59. The van der Waals surface area contributed by atoms with Gasteiger partial charge in [0.05, 0.1) is 54.3 Å². The number of benzene rings is 2. The number of hydrogen-bond acceptors (Lipinski definition) is 10. The third-order valence-corrected chi connectivity index (χ3v) is 10.9. The number of esters is 2. The Morgan fingerprint density at radius 2 is 1.45 bits per heavy atom. The Hall–Kier alpha value is -3.91. The molecule has 0 atom stereocenters. The number of ether oxygens (including phenoxy) is 2. The zero-order valence-corrected chi connectivity index (χ0v) is 32.5. The quantitative estimate of drug-likeness (QED) is 0.0686. The summed E-state index contributed by atoms with van der Waals surface area (Å²) in [6.07, 6.45) is 2.19. The Morgan fingerprint density at radius 3 is 2.04 bits per heavy atom. The highest BCUT2D eigenvalue weighted by Crippen LogP contribution is 2.39. The van der Waals surface area contributed by atoms with Crippen molar-refractivity contribution in [2.45, 2.75) is 67.5 Å². The lowest BCUT2D eigenvalue weighted by atomic mass is 9.75. The molecule has 4 rings (SSSR count). The minimum Gasteiger partial charge on any atom is -0.748 e. The molecule has 276 valence electrons. The Kier molecular flexibility index (Phi) is 12.7. The second-order valence-corrected chi connectivity index (χ2v) is 17.8. The van der Waals surface area contributed by atoms with Gasteiger partial charge >= 0.3 is 11.9 Å². The number of thiophene rings is 1. The van der Waals surface area contributed by atoms with Gasteiger partial charge in [-0.05, 0) is 70.7 Å². The summed E-state index contributed by atoms with van der Waals surface area (Å²) in [5.41, 5.74) is 4.34. The molecule has 0 saturated heterocycles. The Morgan fingerprint density at radius 1 is 0.882 bits per heavy atom. The van der Waals surface area contributed by atoms with Gasteiger partial charge in [-0.2, -0.15) is 0 Å². The maximum Gasteiger partial charge on any atom is 0.311 e. The molecule has 0 bridgehead atoms. The van der Waals surface area contributed by atoms with Crippen molar-refractivity contribution in [3.05, 3.63) is 83.2 Å². The molecule has 13 heteroatoms. The summed E-state index contributed by atoms with van der Waals surface area (Å²) in [4.78, 5) is 28.6. The minimum atomic E-state index is -4.27. The number of hydrogen-bond donors (Lipinski definition) is 0. The van der Waals surface area contributed by atoms with E-state index in [9.17, 15) is 22.6 Å². The molecule has 0 aliphatic carbocycles.